The summed E-state index contributed by atoms with van der Waals surface area (Å²) in [6.45, 7) is 4.02. The SMILES string of the molecule is CCC(C)N=C1NC(=O)C(CC(=O)Nc2ccccc2Cl)S1. The van der Waals surface area contributed by atoms with Crippen molar-refractivity contribution in [1.29, 1.82) is 0 Å². The molecule has 118 valence electrons. The number of hydrogen-bond donors (Lipinski definition) is 2. The van der Waals surface area contributed by atoms with Gasteiger partial charge < -0.3 is 10.6 Å². The van der Waals surface area contributed by atoms with Gasteiger partial charge in [-0.1, -0.05) is 42.4 Å². The molecule has 1 aromatic rings. The zero-order valence-corrected chi connectivity index (χ0v) is 14.0. The fourth-order valence-electron chi connectivity index (χ4n) is 1.82. The van der Waals surface area contributed by atoms with Crippen LogP contribution in [0.3, 0.4) is 0 Å². The Labute approximate surface area is 138 Å². The first kappa shape index (κ1) is 16.8. The van der Waals surface area contributed by atoms with Gasteiger partial charge in [-0.15, -0.1) is 0 Å². The highest BCUT2D eigenvalue weighted by molar-refractivity contribution is 8.15. The molecule has 1 aromatic carbocycles. The van der Waals surface area contributed by atoms with E-state index in [9.17, 15) is 9.59 Å². The minimum Gasteiger partial charge on any atom is -0.325 e. The Morgan fingerprint density at radius 3 is 2.91 bits per heavy atom. The normalized spacial score (nSPS) is 20.8. The van der Waals surface area contributed by atoms with E-state index >= 15 is 0 Å². The summed E-state index contributed by atoms with van der Waals surface area (Å²) >= 11 is 7.29. The highest BCUT2D eigenvalue weighted by atomic mass is 35.5. The number of carbonyl (C=O) groups is 2. The quantitative estimate of drug-likeness (QED) is 0.866. The van der Waals surface area contributed by atoms with Gasteiger partial charge in [0, 0.05) is 12.5 Å². The summed E-state index contributed by atoms with van der Waals surface area (Å²) in [5, 5.41) is 6.05. The van der Waals surface area contributed by atoms with Gasteiger partial charge in [-0.2, -0.15) is 0 Å². The number of halogens is 1. The van der Waals surface area contributed by atoms with E-state index in [1.807, 2.05) is 13.8 Å². The predicted octanol–water partition coefficient (Wildman–Crippen LogP) is 3.05. The molecule has 0 spiro atoms. The molecule has 2 rings (SSSR count). The third kappa shape index (κ3) is 4.48. The van der Waals surface area contributed by atoms with E-state index in [0.29, 0.717) is 15.9 Å². The third-order valence-corrected chi connectivity index (χ3v) is 4.65. The number of carbonyl (C=O) groups excluding carboxylic acids is 2. The number of anilines is 1. The number of amides is 2. The number of amidine groups is 1. The molecule has 2 atom stereocenters. The first-order chi connectivity index (χ1) is 10.5. The van der Waals surface area contributed by atoms with Gasteiger partial charge in [-0.3, -0.25) is 14.6 Å². The summed E-state index contributed by atoms with van der Waals surface area (Å²) in [5.41, 5.74) is 0.547. The highest BCUT2D eigenvalue weighted by Crippen LogP contribution is 2.25. The van der Waals surface area contributed by atoms with E-state index in [-0.39, 0.29) is 24.3 Å². The standard InChI is InChI=1S/C15H18ClN3O2S/c1-3-9(2)17-15-19-14(21)12(22-15)8-13(20)18-11-7-5-4-6-10(11)16/h4-7,9,12H,3,8H2,1-2H3,(H,18,20)(H,17,19,21). The van der Waals surface area contributed by atoms with Crippen molar-refractivity contribution in [3.05, 3.63) is 29.3 Å². The molecule has 0 aromatic heterocycles. The van der Waals surface area contributed by atoms with Crippen LogP contribution >= 0.6 is 23.4 Å². The topological polar surface area (TPSA) is 70.6 Å². The molecule has 0 bridgehead atoms. The van der Waals surface area contributed by atoms with Crippen LogP contribution in [0.1, 0.15) is 26.7 Å². The van der Waals surface area contributed by atoms with Gasteiger partial charge in [0.1, 0.15) is 5.25 Å². The third-order valence-electron chi connectivity index (χ3n) is 3.22. The van der Waals surface area contributed by atoms with Gasteiger partial charge in [-0.05, 0) is 25.5 Å². The Balaban J connectivity index is 1.94. The summed E-state index contributed by atoms with van der Waals surface area (Å²) in [6.07, 6.45) is 0.985. The van der Waals surface area contributed by atoms with E-state index in [1.54, 1.807) is 24.3 Å². The van der Waals surface area contributed by atoms with Crippen LogP contribution < -0.4 is 10.6 Å². The second-order valence-corrected chi connectivity index (χ2v) is 6.62. The minimum absolute atomic E-state index is 0.0846. The molecule has 0 saturated carbocycles. The van der Waals surface area contributed by atoms with Crippen LogP contribution in [0.5, 0.6) is 0 Å². The minimum atomic E-state index is -0.453. The van der Waals surface area contributed by atoms with Crippen molar-refractivity contribution in [3.8, 4) is 0 Å². The average molecular weight is 340 g/mol. The number of hydrogen-bond acceptors (Lipinski definition) is 4. The van der Waals surface area contributed by atoms with E-state index in [2.05, 4.69) is 15.6 Å². The lowest BCUT2D eigenvalue weighted by Crippen LogP contribution is -2.28. The van der Waals surface area contributed by atoms with Crippen molar-refractivity contribution < 1.29 is 9.59 Å². The van der Waals surface area contributed by atoms with E-state index in [0.717, 1.165) is 6.42 Å². The number of para-hydroxylation sites is 1. The smallest absolute Gasteiger partial charge is 0.240 e. The van der Waals surface area contributed by atoms with E-state index < -0.39 is 5.25 Å². The van der Waals surface area contributed by atoms with Gasteiger partial charge in [0.2, 0.25) is 11.8 Å². The number of thioether (sulfide) groups is 1. The average Bonchev–Trinajstić information content (AvgIpc) is 2.81. The predicted molar refractivity (Wildman–Crippen MR) is 91.4 cm³/mol. The molecule has 2 amide bonds. The van der Waals surface area contributed by atoms with Crippen molar-refractivity contribution in [3.63, 3.8) is 0 Å². The zero-order valence-electron chi connectivity index (χ0n) is 12.4. The Kier molecular flexibility index (Phi) is 5.85. The molecular weight excluding hydrogens is 322 g/mol. The van der Waals surface area contributed by atoms with Crippen molar-refractivity contribution in [2.75, 3.05) is 5.32 Å². The monoisotopic (exact) mass is 339 g/mol. The molecule has 22 heavy (non-hydrogen) atoms. The Hall–Kier alpha value is -1.53. The van der Waals surface area contributed by atoms with Crippen molar-refractivity contribution in [2.24, 2.45) is 4.99 Å². The van der Waals surface area contributed by atoms with Crippen LogP contribution in [0.2, 0.25) is 5.02 Å². The molecule has 0 aliphatic carbocycles. The molecule has 0 radical (unpaired) electrons. The molecule has 1 saturated heterocycles. The number of aliphatic imine (C=N–C) groups is 1. The van der Waals surface area contributed by atoms with Crippen LogP contribution in [0, 0.1) is 0 Å². The van der Waals surface area contributed by atoms with Crippen molar-refractivity contribution in [2.45, 2.75) is 38.0 Å². The van der Waals surface area contributed by atoms with E-state index in [1.165, 1.54) is 11.8 Å². The summed E-state index contributed by atoms with van der Waals surface area (Å²) in [5.74, 6) is -0.424. The van der Waals surface area contributed by atoms with Crippen LogP contribution in [-0.2, 0) is 9.59 Å². The number of rotatable bonds is 5. The van der Waals surface area contributed by atoms with Gasteiger partial charge in [-0.25, -0.2) is 0 Å². The fraction of sp³-hybridized carbons (Fsp3) is 0.400. The molecule has 2 N–H and O–H groups in total. The first-order valence-electron chi connectivity index (χ1n) is 7.09. The van der Waals surface area contributed by atoms with E-state index in [4.69, 9.17) is 11.6 Å². The Morgan fingerprint density at radius 1 is 1.50 bits per heavy atom. The molecule has 7 heteroatoms. The van der Waals surface area contributed by atoms with Crippen molar-refractivity contribution >= 4 is 46.0 Å². The summed E-state index contributed by atoms with van der Waals surface area (Å²) in [4.78, 5) is 28.3. The lowest BCUT2D eigenvalue weighted by Gasteiger charge is -2.08. The maximum atomic E-state index is 12.0. The molecular formula is C15H18ClN3O2S. The summed E-state index contributed by atoms with van der Waals surface area (Å²) in [6, 6.07) is 7.15. The molecule has 1 heterocycles. The maximum Gasteiger partial charge on any atom is 0.240 e. The number of nitrogens with zero attached hydrogens (tertiary/aromatic N) is 1. The lowest BCUT2D eigenvalue weighted by molar-refractivity contribution is -0.122. The molecule has 1 aliphatic rings. The van der Waals surface area contributed by atoms with Crippen LogP contribution in [0.4, 0.5) is 5.69 Å². The second-order valence-electron chi connectivity index (χ2n) is 5.02. The summed E-state index contributed by atoms with van der Waals surface area (Å²) in [7, 11) is 0. The van der Waals surface area contributed by atoms with Gasteiger partial charge in [0.05, 0.1) is 10.7 Å². The number of benzene rings is 1. The van der Waals surface area contributed by atoms with Gasteiger partial charge in [0.25, 0.3) is 0 Å². The van der Waals surface area contributed by atoms with Crippen LogP contribution in [0.25, 0.3) is 0 Å². The fourth-order valence-corrected chi connectivity index (χ4v) is 3.08. The van der Waals surface area contributed by atoms with Crippen molar-refractivity contribution in [1.82, 2.24) is 5.32 Å². The van der Waals surface area contributed by atoms with Crippen LogP contribution in [0.15, 0.2) is 29.3 Å². The van der Waals surface area contributed by atoms with Gasteiger partial charge in [0.15, 0.2) is 5.17 Å². The largest absolute Gasteiger partial charge is 0.325 e. The van der Waals surface area contributed by atoms with Gasteiger partial charge >= 0.3 is 0 Å². The molecule has 5 nitrogen and oxygen atoms in total. The second kappa shape index (κ2) is 7.65. The molecule has 1 aliphatic heterocycles. The zero-order chi connectivity index (χ0) is 16.1. The summed E-state index contributed by atoms with van der Waals surface area (Å²) < 4.78 is 0. The lowest BCUT2D eigenvalue weighted by atomic mass is 10.2. The number of nitrogens with one attached hydrogen (secondary N) is 2. The first-order valence-corrected chi connectivity index (χ1v) is 8.35. The molecule has 1 fully saturated rings. The maximum absolute atomic E-state index is 12.0. The Morgan fingerprint density at radius 2 is 2.23 bits per heavy atom. The van der Waals surface area contributed by atoms with Crippen LogP contribution in [-0.4, -0.2) is 28.3 Å². The molecule has 2 unspecified atom stereocenters. The Bertz CT molecular complexity index is 606. The highest BCUT2D eigenvalue weighted by Gasteiger charge is 2.32.